The highest BCUT2D eigenvalue weighted by Crippen LogP contribution is 2.35. The number of halogens is 2. The van der Waals surface area contributed by atoms with Crippen molar-refractivity contribution in [1.82, 2.24) is 0 Å². The van der Waals surface area contributed by atoms with Gasteiger partial charge in [-0.2, -0.15) is 0 Å². The number of ether oxygens (including phenoxy) is 1. The van der Waals surface area contributed by atoms with E-state index in [1.165, 1.54) is 23.6 Å². The molecule has 1 aromatic heterocycles. The molecule has 0 radical (unpaired) electrons. The van der Waals surface area contributed by atoms with Crippen LogP contribution in [0.2, 0.25) is 0 Å². The first kappa shape index (κ1) is 20.7. The van der Waals surface area contributed by atoms with E-state index in [4.69, 9.17) is 4.74 Å². The van der Waals surface area contributed by atoms with E-state index in [0.717, 1.165) is 17.4 Å². The van der Waals surface area contributed by atoms with Crippen LogP contribution in [-0.2, 0) is 11.2 Å². The molecule has 0 saturated carbocycles. The monoisotopic (exact) mass is 443 g/mol. The van der Waals surface area contributed by atoms with E-state index in [-0.39, 0.29) is 33.9 Å². The number of fused-ring (bicyclic) bond motifs is 1. The molecule has 9 heteroatoms. The van der Waals surface area contributed by atoms with E-state index in [2.05, 4.69) is 0 Å². The molecule has 6 nitrogen and oxygen atoms in total. The standard InChI is InChI=1S/C22H15F2NO5S/c1-11(14-4-2-3-5-15(14)23)30-13-6-7-16(24)17(9-13)25-18(26)8-12-10-31-20(22(28)29)19(12)21(25)27/h2-7,9-11H,8H2,1H3,(H,28,29). The lowest BCUT2D eigenvalue weighted by Gasteiger charge is -2.26. The van der Waals surface area contributed by atoms with E-state index in [9.17, 15) is 28.3 Å². The van der Waals surface area contributed by atoms with Crippen molar-refractivity contribution >= 4 is 34.8 Å². The van der Waals surface area contributed by atoms with Crippen LogP contribution in [0.3, 0.4) is 0 Å². The Labute approximate surface area is 179 Å². The molecule has 1 atom stereocenters. The zero-order valence-corrected chi connectivity index (χ0v) is 16.9. The largest absolute Gasteiger partial charge is 0.486 e. The van der Waals surface area contributed by atoms with Crippen LogP contribution in [0.25, 0.3) is 0 Å². The molecule has 2 heterocycles. The fourth-order valence-corrected chi connectivity index (χ4v) is 4.33. The van der Waals surface area contributed by atoms with Crippen LogP contribution in [0.15, 0.2) is 47.8 Å². The number of carbonyl (C=O) groups is 3. The van der Waals surface area contributed by atoms with Crippen molar-refractivity contribution in [2.75, 3.05) is 4.90 Å². The topological polar surface area (TPSA) is 83.9 Å². The highest BCUT2D eigenvalue weighted by molar-refractivity contribution is 7.12. The normalized spacial score (nSPS) is 14.4. The lowest BCUT2D eigenvalue weighted by atomic mass is 10.0. The van der Waals surface area contributed by atoms with Crippen molar-refractivity contribution in [1.29, 1.82) is 0 Å². The second-order valence-electron chi connectivity index (χ2n) is 6.88. The van der Waals surface area contributed by atoms with Gasteiger partial charge in [-0.25, -0.2) is 18.5 Å². The zero-order valence-electron chi connectivity index (χ0n) is 16.1. The van der Waals surface area contributed by atoms with Crippen LogP contribution in [0.4, 0.5) is 14.5 Å². The summed E-state index contributed by atoms with van der Waals surface area (Å²) >= 11 is 0.838. The van der Waals surface area contributed by atoms with Gasteiger partial charge >= 0.3 is 5.97 Å². The third-order valence-electron chi connectivity index (χ3n) is 4.88. The number of hydrogen-bond acceptors (Lipinski definition) is 5. The highest BCUT2D eigenvalue weighted by Gasteiger charge is 2.38. The van der Waals surface area contributed by atoms with Crippen molar-refractivity contribution in [3.8, 4) is 5.75 Å². The maximum Gasteiger partial charge on any atom is 0.346 e. The third-order valence-corrected chi connectivity index (χ3v) is 5.90. The minimum Gasteiger partial charge on any atom is -0.486 e. The molecule has 0 saturated heterocycles. The Morgan fingerprint density at radius 2 is 1.90 bits per heavy atom. The van der Waals surface area contributed by atoms with Gasteiger partial charge in [-0.1, -0.05) is 18.2 Å². The number of aromatic carboxylic acids is 1. The molecule has 0 fully saturated rings. The number of imide groups is 1. The van der Waals surface area contributed by atoms with Crippen LogP contribution >= 0.6 is 11.3 Å². The molecule has 4 rings (SSSR count). The van der Waals surface area contributed by atoms with E-state index < -0.39 is 35.5 Å². The highest BCUT2D eigenvalue weighted by atomic mass is 32.1. The van der Waals surface area contributed by atoms with Gasteiger partial charge in [0.1, 0.15) is 28.4 Å². The summed E-state index contributed by atoms with van der Waals surface area (Å²) in [5.74, 6) is -4.12. The van der Waals surface area contributed by atoms with Gasteiger partial charge in [-0.15, -0.1) is 11.3 Å². The molecule has 1 aliphatic heterocycles. The van der Waals surface area contributed by atoms with Crippen molar-refractivity contribution in [3.05, 3.63) is 81.0 Å². The molecular weight excluding hydrogens is 428 g/mol. The molecule has 31 heavy (non-hydrogen) atoms. The predicted molar refractivity (Wildman–Crippen MR) is 109 cm³/mol. The average Bonchev–Trinajstić information content (AvgIpc) is 3.15. The molecule has 158 valence electrons. The summed E-state index contributed by atoms with van der Waals surface area (Å²) in [6.45, 7) is 1.61. The minimum absolute atomic E-state index is 0.113. The number of rotatable bonds is 5. The smallest absolute Gasteiger partial charge is 0.346 e. The first-order valence-electron chi connectivity index (χ1n) is 9.19. The zero-order chi connectivity index (χ0) is 22.3. The van der Waals surface area contributed by atoms with Crippen molar-refractivity contribution in [2.45, 2.75) is 19.4 Å². The van der Waals surface area contributed by atoms with E-state index in [1.807, 2.05) is 0 Å². The lowest BCUT2D eigenvalue weighted by Crippen LogP contribution is -2.43. The van der Waals surface area contributed by atoms with Crippen LogP contribution < -0.4 is 9.64 Å². The van der Waals surface area contributed by atoms with E-state index >= 15 is 0 Å². The van der Waals surface area contributed by atoms with E-state index in [1.54, 1.807) is 25.1 Å². The van der Waals surface area contributed by atoms with Gasteiger partial charge in [0.15, 0.2) is 0 Å². The molecule has 2 aromatic carbocycles. The van der Waals surface area contributed by atoms with Gasteiger partial charge in [-0.05, 0) is 36.1 Å². The summed E-state index contributed by atoms with van der Waals surface area (Å²) in [5.41, 5.74) is 0.103. The fraction of sp³-hybridized carbons (Fsp3) is 0.136. The number of nitrogens with zero attached hydrogens (tertiary/aromatic N) is 1. The molecule has 0 bridgehead atoms. The van der Waals surface area contributed by atoms with Crippen LogP contribution in [-0.4, -0.2) is 22.9 Å². The number of carbonyl (C=O) groups excluding carboxylic acids is 2. The third kappa shape index (κ3) is 3.68. The van der Waals surface area contributed by atoms with Crippen LogP contribution in [0.1, 0.15) is 44.2 Å². The van der Waals surface area contributed by atoms with Gasteiger partial charge in [0.25, 0.3) is 5.91 Å². The molecule has 1 aliphatic rings. The van der Waals surface area contributed by atoms with Crippen molar-refractivity contribution in [3.63, 3.8) is 0 Å². The number of hydrogen-bond donors (Lipinski definition) is 1. The molecule has 1 N–H and O–H groups in total. The van der Waals surface area contributed by atoms with E-state index in [0.29, 0.717) is 10.5 Å². The summed E-state index contributed by atoms with van der Waals surface area (Å²) in [6.07, 6.45) is -0.963. The number of carboxylic acids is 1. The van der Waals surface area contributed by atoms with Crippen molar-refractivity contribution < 1.29 is 33.0 Å². The summed E-state index contributed by atoms with van der Waals surface area (Å²) in [7, 11) is 0. The van der Waals surface area contributed by atoms with Gasteiger partial charge in [0, 0.05) is 11.6 Å². The SMILES string of the molecule is CC(Oc1ccc(F)c(N2C(=O)Cc3csc(C(=O)O)c3C2=O)c1)c1ccccc1F. The maximum atomic E-state index is 14.6. The molecule has 2 amide bonds. The Morgan fingerprint density at radius 1 is 1.16 bits per heavy atom. The fourth-order valence-electron chi connectivity index (χ4n) is 3.44. The number of thiophene rings is 1. The quantitative estimate of drug-likeness (QED) is 0.583. The summed E-state index contributed by atoms with van der Waals surface area (Å²) in [6, 6.07) is 9.52. The van der Waals surface area contributed by atoms with Gasteiger partial charge < -0.3 is 9.84 Å². The van der Waals surface area contributed by atoms with Gasteiger partial charge in [0.05, 0.1) is 17.7 Å². The first-order valence-corrected chi connectivity index (χ1v) is 10.1. The molecule has 1 unspecified atom stereocenters. The second-order valence-corrected chi connectivity index (χ2v) is 7.76. The molecule has 0 spiro atoms. The van der Waals surface area contributed by atoms with Crippen LogP contribution in [0, 0.1) is 11.6 Å². The Bertz CT molecular complexity index is 1220. The summed E-state index contributed by atoms with van der Waals surface area (Å²) in [5, 5.41) is 10.8. The number of amides is 2. The molecule has 3 aromatic rings. The number of benzene rings is 2. The number of carboxylic acid groups (broad SMARTS) is 1. The average molecular weight is 443 g/mol. The number of anilines is 1. The molecular formula is C22H15F2NO5S. The minimum atomic E-state index is -1.30. The Hall–Kier alpha value is -3.59. The second kappa shape index (κ2) is 7.92. The Kier molecular flexibility index (Phi) is 5.28. The Balaban J connectivity index is 1.69. The van der Waals surface area contributed by atoms with Crippen molar-refractivity contribution in [2.24, 2.45) is 0 Å². The predicted octanol–water partition coefficient (Wildman–Crippen LogP) is 4.59. The molecule has 0 aliphatic carbocycles. The van der Waals surface area contributed by atoms with Gasteiger partial charge in [0.2, 0.25) is 5.91 Å². The lowest BCUT2D eigenvalue weighted by molar-refractivity contribution is -0.117. The van der Waals surface area contributed by atoms with Gasteiger partial charge in [-0.3, -0.25) is 9.59 Å². The first-order chi connectivity index (χ1) is 14.8. The Morgan fingerprint density at radius 3 is 2.61 bits per heavy atom. The summed E-state index contributed by atoms with van der Waals surface area (Å²) in [4.78, 5) is 37.4. The maximum absolute atomic E-state index is 14.6. The van der Waals surface area contributed by atoms with Crippen LogP contribution in [0.5, 0.6) is 5.75 Å². The summed E-state index contributed by atoms with van der Waals surface area (Å²) < 4.78 is 34.3.